The van der Waals surface area contributed by atoms with Crippen molar-refractivity contribution in [2.24, 2.45) is 5.73 Å². The fraction of sp³-hybridized carbons (Fsp3) is 0. The van der Waals surface area contributed by atoms with Gasteiger partial charge < -0.3 is 5.73 Å². The van der Waals surface area contributed by atoms with Crippen molar-refractivity contribution >= 4 is 54.5 Å². The van der Waals surface area contributed by atoms with E-state index >= 15 is 0 Å². The Bertz CT molecular complexity index is 191. The number of amides is 1. The molecule has 66 valence electrons. The standard InChI is InChI=1S/C4H4N2OS.3ClH/c5-4(7)3-1-8-2-6-3;;;/h1-2H,(H2,5,7);3*1H. The van der Waals surface area contributed by atoms with E-state index in [1.807, 2.05) is 0 Å². The first-order chi connectivity index (χ1) is 3.80. The fourth-order valence-electron chi connectivity index (χ4n) is 0.334. The second-order valence-corrected chi connectivity index (χ2v) is 1.96. The van der Waals surface area contributed by atoms with Gasteiger partial charge in [-0.25, -0.2) is 4.98 Å². The van der Waals surface area contributed by atoms with Crippen LogP contribution >= 0.6 is 48.6 Å². The van der Waals surface area contributed by atoms with Crippen LogP contribution in [0.2, 0.25) is 0 Å². The second-order valence-electron chi connectivity index (χ2n) is 1.24. The molecule has 0 unspecified atom stereocenters. The van der Waals surface area contributed by atoms with Crippen LogP contribution in [0.1, 0.15) is 10.5 Å². The van der Waals surface area contributed by atoms with Crippen LogP contribution < -0.4 is 5.73 Å². The van der Waals surface area contributed by atoms with Gasteiger partial charge >= 0.3 is 0 Å². The lowest BCUT2D eigenvalue weighted by Crippen LogP contribution is -2.10. The highest BCUT2D eigenvalue weighted by Gasteiger charge is 1.98. The van der Waals surface area contributed by atoms with Crippen molar-refractivity contribution in [1.82, 2.24) is 4.98 Å². The van der Waals surface area contributed by atoms with E-state index in [9.17, 15) is 4.79 Å². The third kappa shape index (κ3) is 5.26. The van der Waals surface area contributed by atoms with Gasteiger partial charge in [-0.05, 0) is 0 Å². The van der Waals surface area contributed by atoms with Crippen molar-refractivity contribution < 1.29 is 4.79 Å². The summed E-state index contributed by atoms with van der Waals surface area (Å²) in [7, 11) is 0. The molecule has 1 heterocycles. The number of carbonyl (C=O) groups is 1. The molecule has 0 aromatic carbocycles. The maximum Gasteiger partial charge on any atom is 0.268 e. The molecule has 1 rings (SSSR count). The Morgan fingerprint density at radius 3 is 2.18 bits per heavy atom. The van der Waals surface area contributed by atoms with Gasteiger partial charge in [0.25, 0.3) is 5.91 Å². The van der Waals surface area contributed by atoms with Crippen molar-refractivity contribution in [3.8, 4) is 0 Å². The maximum absolute atomic E-state index is 10.2. The summed E-state index contributed by atoms with van der Waals surface area (Å²) in [5.41, 5.74) is 6.78. The summed E-state index contributed by atoms with van der Waals surface area (Å²) in [6, 6.07) is 0. The lowest BCUT2D eigenvalue weighted by molar-refractivity contribution is 0.0996. The third-order valence-corrected chi connectivity index (χ3v) is 1.27. The number of rotatable bonds is 1. The molecule has 1 aromatic heterocycles. The minimum atomic E-state index is -0.466. The van der Waals surface area contributed by atoms with Gasteiger partial charge in [-0.3, -0.25) is 4.79 Å². The average molecular weight is 238 g/mol. The predicted octanol–water partition coefficient (Wildman–Crippen LogP) is 1.51. The van der Waals surface area contributed by atoms with Crippen LogP contribution in [0, 0.1) is 0 Å². The van der Waals surface area contributed by atoms with E-state index in [-0.39, 0.29) is 37.2 Å². The normalized spacial score (nSPS) is 6.55. The highest BCUT2D eigenvalue weighted by molar-refractivity contribution is 7.07. The molecule has 0 aliphatic heterocycles. The lowest BCUT2D eigenvalue weighted by Gasteiger charge is -1.79. The number of nitrogens with two attached hydrogens (primary N) is 1. The molecule has 3 nitrogen and oxygen atoms in total. The number of nitrogens with zero attached hydrogens (tertiary/aromatic N) is 1. The highest BCUT2D eigenvalue weighted by Crippen LogP contribution is 1.97. The Balaban J connectivity index is -0.000000213. The number of aromatic nitrogens is 1. The van der Waals surface area contributed by atoms with Gasteiger partial charge in [-0.1, -0.05) is 0 Å². The van der Waals surface area contributed by atoms with E-state index in [0.717, 1.165) is 0 Å². The van der Waals surface area contributed by atoms with Crippen LogP contribution in [-0.4, -0.2) is 10.9 Å². The van der Waals surface area contributed by atoms with E-state index < -0.39 is 5.91 Å². The van der Waals surface area contributed by atoms with E-state index in [1.54, 1.807) is 10.9 Å². The van der Waals surface area contributed by atoms with E-state index in [2.05, 4.69) is 4.98 Å². The summed E-state index contributed by atoms with van der Waals surface area (Å²) in [6.07, 6.45) is 0. The molecule has 1 amide bonds. The predicted molar refractivity (Wildman–Crippen MR) is 52.4 cm³/mol. The zero-order chi connectivity index (χ0) is 5.98. The monoisotopic (exact) mass is 236 g/mol. The Morgan fingerprint density at radius 1 is 1.45 bits per heavy atom. The number of carbonyl (C=O) groups excluding carboxylic acids is 1. The van der Waals surface area contributed by atoms with Crippen LogP contribution in [0.15, 0.2) is 10.9 Å². The van der Waals surface area contributed by atoms with Crippen LogP contribution in [-0.2, 0) is 0 Å². The molecule has 2 N–H and O–H groups in total. The largest absolute Gasteiger partial charge is 0.364 e. The Kier molecular flexibility index (Phi) is 12.6. The quantitative estimate of drug-likeness (QED) is 0.805. The Morgan fingerprint density at radius 2 is 2.00 bits per heavy atom. The summed E-state index contributed by atoms with van der Waals surface area (Å²) in [5, 5.41) is 1.61. The van der Waals surface area contributed by atoms with Gasteiger partial charge in [-0.15, -0.1) is 48.6 Å². The number of primary amides is 1. The van der Waals surface area contributed by atoms with Crippen LogP contribution in [0.25, 0.3) is 0 Å². The van der Waals surface area contributed by atoms with E-state index in [4.69, 9.17) is 5.73 Å². The van der Waals surface area contributed by atoms with Crippen LogP contribution in [0.3, 0.4) is 0 Å². The SMILES string of the molecule is Cl.Cl.Cl.NC(=O)c1cscn1. The summed E-state index contributed by atoms with van der Waals surface area (Å²) in [4.78, 5) is 13.9. The van der Waals surface area contributed by atoms with Gasteiger partial charge in [0.15, 0.2) is 0 Å². The zero-order valence-corrected chi connectivity index (χ0v) is 8.49. The summed E-state index contributed by atoms with van der Waals surface area (Å²) in [6.45, 7) is 0. The molecule has 0 aliphatic carbocycles. The first-order valence-corrected chi connectivity index (χ1v) is 2.93. The van der Waals surface area contributed by atoms with Gasteiger partial charge in [0, 0.05) is 5.38 Å². The molecule has 0 bridgehead atoms. The molecule has 7 heteroatoms. The fourth-order valence-corrected chi connectivity index (χ4v) is 0.875. The molecule has 0 saturated heterocycles. The number of hydrogen-bond donors (Lipinski definition) is 1. The molecule has 0 saturated carbocycles. The number of thiazole rings is 1. The molecule has 0 fully saturated rings. The molecule has 0 spiro atoms. The van der Waals surface area contributed by atoms with Crippen molar-refractivity contribution in [2.45, 2.75) is 0 Å². The van der Waals surface area contributed by atoms with Crippen molar-refractivity contribution in [3.63, 3.8) is 0 Å². The average Bonchev–Trinajstić information content (AvgIpc) is 2.12. The number of halogens is 3. The summed E-state index contributed by atoms with van der Waals surface area (Å²) >= 11 is 1.36. The summed E-state index contributed by atoms with van der Waals surface area (Å²) in [5.74, 6) is -0.466. The maximum atomic E-state index is 10.2. The molecule has 0 atom stereocenters. The minimum absolute atomic E-state index is 0. The number of hydrogen-bond acceptors (Lipinski definition) is 3. The minimum Gasteiger partial charge on any atom is -0.364 e. The van der Waals surface area contributed by atoms with E-state index in [1.165, 1.54) is 11.3 Å². The molecule has 0 aliphatic rings. The van der Waals surface area contributed by atoms with Gasteiger partial charge in [-0.2, -0.15) is 0 Å². The molecule has 11 heavy (non-hydrogen) atoms. The van der Waals surface area contributed by atoms with Crippen molar-refractivity contribution in [2.75, 3.05) is 0 Å². The second kappa shape index (κ2) is 8.07. The highest BCUT2D eigenvalue weighted by atomic mass is 35.5. The molecule has 1 aromatic rings. The smallest absolute Gasteiger partial charge is 0.268 e. The van der Waals surface area contributed by atoms with E-state index in [0.29, 0.717) is 5.69 Å². The zero-order valence-electron chi connectivity index (χ0n) is 5.22. The van der Waals surface area contributed by atoms with Gasteiger partial charge in [0.05, 0.1) is 5.51 Å². The Hall–Kier alpha value is -0.0300. The van der Waals surface area contributed by atoms with Gasteiger partial charge in [0.2, 0.25) is 0 Å². The summed E-state index contributed by atoms with van der Waals surface area (Å²) < 4.78 is 0. The van der Waals surface area contributed by atoms with Crippen molar-refractivity contribution in [3.05, 3.63) is 16.6 Å². The first kappa shape index (κ1) is 17.2. The van der Waals surface area contributed by atoms with Crippen LogP contribution in [0.5, 0.6) is 0 Å². The first-order valence-electron chi connectivity index (χ1n) is 1.98. The Labute approximate surface area is 86.6 Å². The molecule has 0 radical (unpaired) electrons. The van der Waals surface area contributed by atoms with Crippen LogP contribution in [0.4, 0.5) is 0 Å². The van der Waals surface area contributed by atoms with Gasteiger partial charge in [0.1, 0.15) is 5.69 Å². The lowest BCUT2D eigenvalue weighted by atomic mass is 10.5. The third-order valence-electron chi connectivity index (χ3n) is 0.685. The topological polar surface area (TPSA) is 56.0 Å². The molecular weight excluding hydrogens is 230 g/mol. The molecular formula is C4H7Cl3N2OS. The van der Waals surface area contributed by atoms with Crippen molar-refractivity contribution in [1.29, 1.82) is 0 Å².